The van der Waals surface area contributed by atoms with Gasteiger partial charge in [0.05, 0.1) is 12.0 Å². The molecule has 2 heteroatoms. The molecule has 2 aliphatic carbocycles. The van der Waals surface area contributed by atoms with Crippen molar-refractivity contribution >= 4 is 12.0 Å². The Labute approximate surface area is 164 Å². The Hall–Kier alpha value is -2.09. The number of aryl methyl sites for hydroxylation is 1. The molecule has 0 spiro atoms. The largest absolute Gasteiger partial charge is 0.366 e. The first-order valence-electron chi connectivity index (χ1n) is 10.5. The van der Waals surface area contributed by atoms with Gasteiger partial charge in [0.2, 0.25) is 0 Å². The van der Waals surface area contributed by atoms with E-state index in [9.17, 15) is 0 Å². The van der Waals surface area contributed by atoms with Gasteiger partial charge >= 0.3 is 0 Å². The molecule has 0 heterocycles. The molecule has 0 atom stereocenters. The quantitative estimate of drug-likeness (QED) is 0.420. The summed E-state index contributed by atoms with van der Waals surface area (Å²) in [5.41, 5.74) is 9.96. The minimum absolute atomic E-state index is 0.709. The van der Waals surface area contributed by atoms with Crippen molar-refractivity contribution in [2.24, 2.45) is 4.99 Å². The number of benzene rings is 2. The Morgan fingerprint density at radius 1 is 1.04 bits per heavy atom. The predicted molar refractivity (Wildman–Crippen MR) is 116 cm³/mol. The number of hydrogen-bond acceptors (Lipinski definition) is 1. The number of aliphatic imine (C=N–C) groups is 1. The van der Waals surface area contributed by atoms with Crippen LogP contribution in [0.15, 0.2) is 35.3 Å². The summed E-state index contributed by atoms with van der Waals surface area (Å²) in [4.78, 5) is 6.98. The zero-order chi connectivity index (χ0) is 19.0. The molecular formula is C25H32N2. The molecule has 2 saturated carbocycles. The number of rotatable bonds is 7. The van der Waals surface area contributed by atoms with E-state index in [1.165, 1.54) is 64.8 Å². The van der Waals surface area contributed by atoms with Crippen LogP contribution in [-0.4, -0.2) is 24.8 Å². The lowest BCUT2D eigenvalue weighted by Gasteiger charge is -2.18. The van der Waals surface area contributed by atoms with Crippen LogP contribution in [0.5, 0.6) is 0 Å². The van der Waals surface area contributed by atoms with Crippen LogP contribution in [0.25, 0.3) is 0 Å². The van der Waals surface area contributed by atoms with Gasteiger partial charge in [-0.25, -0.2) is 4.99 Å². The predicted octanol–water partition coefficient (Wildman–Crippen LogP) is 6.26. The molecular weight excluding hydrogens is 328 g/mol. The Balaban J connectivity index is 1.64. The second-order valence-electron chi connectivity index (χ2n) is 8.51. The fourth-order valence-electron chi connectivity index (χ4n) is 4.06. The summed E-state index contributed by atoms with van der Waals surface area (Å²) < 4.78 is 0. The van der Waals surface area contributed by atoms with Crippen molar-refractivity contribution in [2.45, 2.75) is 64.7 Å². The molecule has 2 fully saturated rings. The molecule has 4 rings (SSSR count). The standard InChI is InChI=1S/C25H32N2/c1-5-27(4)16-26-24-14-17(2)23(18(3)25(24)22-12-13-22)15-19-6-8-20(9-7-19)21-10-11-21/h6-9,14,16,21-22H,5,10-13,15H2,1-4H3. The van der Waals surface area contributed by atoms with Crippen LogP contribution in [0, 0.1) is 13.8 Å². The maximum Gasteiger partial charge on any atom is 0.0909 e. The van der Waals surface area contributed by atoms with Crippen molar-refractivity contribution in [3.63, 3.8) is 0 Å². The van der Waals surface area contributed by atoms with Gasteiger partial charge in [-0.1, -0.05) is 24.3 Å². The van der Waals surface area contributed by atoms with Gasteiger partial charge in [0.1, 0.15) is 0 Å². The summed E-state index contributed by atoms with van der Waals surface area (Å²) in [7, 11) is 2.08. The highest BCUT2D eigenvalue weighted by atomic mass is 15.1. The number of nitrogens with zero attached hydrogens (tertiary/aromatic N) is 2. The Morgan fingerprint density at radius 2 is 1.70 bits per heavy atom. The van der Waals surface area contributed by atoms with Crippen molar-refractivity contribution in [1.82, 2.24) is 4.90 Å². The highest BCUT2D eigenvalue weighted by Crippen LogP contribution is 2.47. The summed E-state index contributed by atoms with van der Waals surface area (Å²) >= 11 is 0. The molecule has 2 aromatic carbocycles. The Bertz CT molecular complexity index is 840. The lowest BCUT2D eigenvalue weighted by Crippen LogP contribution is -2.14. The molecule has 0 saturated heterocycles. The summed E-state index contributed by atoms with van der Waals surface area (Å²) in [5.74, 6) is 1.54. The van der Waals surface area contributed by atoms with E-state index in [1.807, 2.05) is 6.34 Å². The summed E-state index contributed by atoms with van der Waals surface area (Å²) in [6, 6.07) is 11.7. The monoisotopic (exact) mass is 360 g/mol. The lowest BCUT2D eigenvalue weighted by molar-refractivity contribution is 0.552. The SMILES string of the molecule is CCN(C)C=Nc1cc(C)c(Cc2ccc(C3CC3)cc2)c(C)c1C1CC1. The fraction of sp³-hybridized carbons (Fsp3) is 0.480. The smallest absolute Gasteiger partial charge is 0.0909 e. The van der Waals surface area contributed by atoms with Crippen molar-refractivity contribution < 1.29 is 0 Å². The number of hydrogen-bond donors (Lipinski definition) is 0. The molecule has 2 nitrogen and oxygen atoms in total. The van der Waals surface area contributed by atoms with E-state index in [2.05, 4.69) is 63.1 Å². The molecule has 0 amide bonds. The minimum Gasteiger partial charge on any atom is -0.366 e. The van der Waals surface area contributed by atoms with Gasteiger partial charge in [-0.3, -0.25) is 0 Å². The maximum absolute atomic E-state index is 4.85. The van der Waals surface area contributed by atoms with E-state index >= 15 is 0 Å². The van der Waals surface area contributed by atoms with Crippen LogP contribution in [0.4, 0.5) is 5.69 Å². The van der Waals surface area contributed by atoms with Crippen LogP contribution >= 0.6 is 0 Å². The molecule has 0 aromatic heterocycles. The first kappa shape index (κ1) is 18.3. The zero-order valence-corrected chi connectivity index (χ0v) is 17.3. The molecule has 2 aromatic rings. The Morgan fingerprint density at radius 3 is 2.30 bits per heavy atom. The van der Waals surface area contributed by atoms with Crippen molar-refractivity contribution in [1.29, 1.82) is 0 Å². The minimum atomic E-state index is 0.709. The summed E-state index contributed by atoms with van der Waals surface area (Å²) in [5, 5.41) is 0. The lowest BCUT2D eigenvalue weighted by atomic mass is 9.89. The van der Waals surface area contributed by atoms with Crippen LogP contribution in [0.3, 0.4) is 0 Å². The highest BCUT2D eigenvalue weighted by molar-refractivity contribution is 5.67. The van der Waals surface area contributed by atoms with Crippen molar-refractivity contribution in [3.05, 3.63) is 63.7 Å². The normalized spacial score (nSPS) is 16.9. The Kier molecular flexibility index (Phi) is 5.08. The van der Waals surface area contributed by atoms with Crippen LogP contribution in [0.2, 0.25) is 0 Å². The molecule has 2 aliphatic rings. The van der Waals surface area contributed by atoms with E-state index in [-0.39, 0.29) is 0 Å². The van der Waals surface area contributed by atoms with Gasteiger partial charge in [0, 0.05) is 13.6 Å². The van der Waals surface area contributed by atoms with Gasteiger partial charge < -0.3 is 4.90 Å². The van der Waals surface area contributed by atoms with Crippen molar-refractivity contribution in [2.75, 3.05) is 13.6 Å². The summed E-state index contributed by atoms with van der Waals surface area (Å²) in [6.07, 6.45) is 8.38. The van der Waals surface area contributed by atoms with Gasteiger partial charge in [-0.2, -0.15) is 0 Å². The van der Waals surface area contributed by atoms with E-state index < -0.39 is 0 Å². The van der Waals surface area contributed by atoms with Crippen LogP contribution in [0.1, 0.15) is 77.8 Å². The van der Waals surface area contributed by atoms with Gasteiger partial charge in [0.25, 0.3) is 0 Å². The molecule has 0 aliphatic heterocycles. The second kappa shape index (κ2) is 7.50. The van der Waals surface area contributed by atoms with Crippen molar-refractivity contribution in [3.8, 4) is 0 Å². The van der Waals surface area contributed by atoms with Gasteiger partial charge in [0.15, 0.2) is 0 Å². The molecule has 27 heavy (non-hydrogen) atoms. The van der Waals surface area contributed by atoms with Crippen LogP contribution < -0.4 is 0 Å². The topological polar surface area (TPSA) is 15.6 Å². The third-order valence-corrected chi connectivity index (χ3v) is 6.25. The third kappa shape index (κ3) is 4.10. The molecule has 142 valence electrons. The second-order valence-corrected chi connectivity index (χ2v) is 8.51. The molecule has 0 radical (unpaired) electrons. The molecule has 0 bridgehead atoms. The van der Waals surface area contributed by atoms with E-state index in [0.29, 0.717) is 5.92 Å². The average Bonchev–Trinajstić information content (AvgIpc) is 3.55. The van der Waals surface area contributed by atoms with E-state index in [0.717, 1.165) is 18.9 Å². The summed E-state index contributed by atoms with van der Waals surface area (Å²) in [6.45, 7) is 7.70. The van der Waals surface area contributed by atoms with Gasteiger partial charge in [-0.05, 0) is 104 Å². The van der Waals surface area contributed by atoms with E-state index in [1.54, 1.807) is 0 Å². The first-order chi connectivity index (χ1) is 13.1. The molecule has 0 unspecified atom stereocenters. The third-order valence-electron chi connectivity index (χ3n) is 6.25. The maximum atomic E-state index is 4.85. The first-order valence-corrected chi connectivity index (χ1v) is 10.5. The van der Waals surface area contributed by atoms with Crippen LogP contribution in [-0.2, 0) is 6.42 Å². The zero-order valence-electron chi connectivity index (χ0n) is 17.3. The highest BCUT2D eigenvalue weighted by Gasteiger charge is 2.29. The average molecular weight is 361 g/mol. The molecule has 0 N–H and O–H groups in total. The van der Waals surface area contributed by atoms with Gasteiger partial charge in [-0.15, -0.1) is 0 Å². The fourth-order valence-corrected chi connectivity index (χ4v) is 4.06. The van der Waals surface area contributed by atoms with E-state index in [4.69, 9.17) is 4.99 Å².